The first kappa shape index (κ1) is 22.6. The van der Waals surface area contributed by atoms with Gasteiger partial charge in [-0.1, -0.05) is 0 Å². The largest absolute Gasteiger partial charge is 0.363 e. The Kier molecular flexibility index (Phi) is 7.36. The zero-order valence-corrected chi connectivity index (χ0v) is 18.1. The number of aliphatic imine (C=N–C) groups is 1. The van der Waals surface area contributed by atoms with Crippen molar-refractivity contribution in [1.82, 2.24) is 20.5 Å². The van der Waals surface area contributed by atoms with Crippen LogP contribution in [-0.4, -0.2) is 42.4 Å². The van der Waals surface area contributed by atoms with Crippen LogP contribution in [-0.2, 0) is 10.2 Å². The number of anilines is 1. The molecule has 0 amide bonds. The van der Waals surface area contributed by atoms with Gasteiger partial charge in [0.15, 0.2) is 11.5 Å². The van der Waals surface area contributed by atoms with E-state index in [2.05, 4.69) is 41.3 Å². The van der Waals surface area contributed by atoms with E-state index in [1.165, 1.54) is 18.2 Å². The van der Waals surface area contributed by atoms with Crippen LogP contribution in [0.1, 0.15) is 31.4 Å². The Morgan fingerprint density at radius 2 is 2.20 bits per heavy atom. The lowest BCUT2D eigenvalue weighted by Gasteiger charge is -2.13. The highest BCUT2D eigenvalue weighted by Crippen LogP contribution is 2.30. The fourth-order valence-corrected chi connectivity index (χ4v) is 4.09. The second-order valence-corrected chi connectivity index (χ2v) is 9.11. The molecule has 30 heavy (non-hydrogen) atoms. The maximum atomic E-state index is 13.4. The van der Waals surface area contributed by atoms with E-state index in [1.54, 1.807) is 0 Å². The van der Waals surface area contributed by atoms with Crippen LogP contribution in [0.5, 0.6) is 0 Å². The number of benzene rings is 1. The number of hydroxylamine groups is 1. The molecule has 1 fully saturated rings. The van der Waals surface area contributed by atoms with Crippen LogP contribution in [0, 0.1) is 11.7 Å². The highest BCUT2D eigenvalue weighted by molar-refractivity contribution is 9.10. The average Bonchev–Trinajstić information content (AvgIpc) is 3.31. The van der Waals surface area contributed by atoms with E-state index in [1.807, 2.05) is 5.48 Å². The van der Waals surface area contributed by atoms with E-state index in [-0.39, 0.29) is 28.6 Å². The van der Waals surface area contributed by atoms with E-state index in [9.17, 15) is 18.0 Å². The molecule has 164 valence electrons. The second-order valence-electron chi connectivity index (χ2n) is 6.88. The lowest BCUT2D eigenvalue weighted by molar-refractivity contribution is 0.234. The molecular formula is C16H21BrFN7O4S. The fourth-order valence-electron chi connectivity index (χ4n) is 3.32. The van der Waals surface area contributed by atoms with Gasteiger partial charge in [-0.05, 0) is 76.0 Å². The third-order valence-electron chi connectivity index (χ3n) is 4.70. The summed E-state index contributed by atoms with van der Waals surface area (Å²) in [4.78, 5) is 4.21. The molecule has 11 nitrogen and oxygen atoms in total. The molecule has 0 saturated heterocycles. The predicted molar refractivity (Wildman–Crippen MR) is 110 cm³/mol. The van der Waals surface area contributed by atoms with Gasteiger partial charge >= 0.3 is 0 Å². The maximum Gasteiger partial charge on any atom is 0.274 e. The molecule has 1 aromatic carbocycles. The molecule has 2 aromatic rings. The van der Waals surface area contributed by atoms with Gasteiger partial charge in [-0.15, -0.1) is 0 Å². The first-order valence-corrected chi connectivity index (χ1v) is 11.4. The summed E-state index contributed by atoms with van der Waals surface area (Å²) >= 11 is 3.08. The molecule has 1 aliphatic carbocycles. The summed E-state index contributed by atoms with van der Waals surface area (Å²) in [6, 6.07) is 4.19. The minimum atomic E-state index is -3.68. The normalized spacial score (nSPS) is 19.8. The Balaban J connectivity index is 1.64. The summed E-state index contributed by atoms with van der Waals surface area (Å²) in [6.45, 7) is 0.283. The molecule has 0 bridgehead atoms. The molecule has 3 rings (SSSR count). The molecule has 0 aliphatic heterocycles. The topological polar surface area (TPSA) is 168 Å². The summed E-state index contributed by atoms with van der Waals surface area (Å²) in [5.41, 5.74) is 2.50. The number of nitrogens with two attached hydrogens (primary N) is 1. The van der Waals surface area contributed by atoms with E-state index < -0.39 is 16.0 Å². The molecule has 1 saturated carbocycles. The monoisotopic (exact) mass is 505 g/mol. The molecule has 0 spiro atoms. The van der Waals surface area contributed by atoms with Crippen molar-refractivity contribution in [1.29, 1.82) is 0 Å². The van der Waals surface area contributed by atoms with Crippen LogP contribution in [0.25, 0.3) is 0 Å². The molecular weight excluding hydrogens is 485 g/mol. The standard InChI is InChI=1S/C16H21BrFN7O4S/c17-12-8-11(3-4-13(12)18)21-15(23-26)14-16(25-29-24-14)22-10-2-1-9(7-10)5-6-20-30(19,27)28/h3-4,8-10,20,26H,1-2,5-7H2,(H,21,23)(H,22,25)(H2,19,27,28). The van der Waals surface area contributed by atoms with Crippen molar-refractivity contribution in [2.24, 2.45) is 16.0 Å². The van der Waals surface area contributed by atoms with Crippen LogP contribution in [0.2, 0.25) is 0 Å². The number of rotatable bonds is 8. The first-order chi connectivity index (χ1) is 14.2. The summed E-state index contributed by atoms with van der Waals surface area (Å²) in [6.07, 6.45) is 3.22. The number of halogens is 2. The predicted octanol–water partition coefficient (Wildman–Crippen LogP) is 1.79. The Labute approximate surface area is 180 Å². The number of amidine groups is 1. The molecule has 1 heterocycles. The van der Waals surface area contributed by atoms with E-state index >= 15 is 0 Å². The van der Waals surface area contributed by atoms with Crippen molar-refractivity contribution >= 4 is 43.5 Å². The molecule has 6 N–H and O–H groups in total. The van der Waals surface area contributed by atoms with Gasteiger partial charge in [0, 0.05) is 12.6 Å². The van der Waals surface area contributed by atoms with Crippen molar-refractivity contribution in [2.75, 3.05) is 11.9 Å². The minimum absolute atomic E-state index is 0.0239. The second kappa shape index (κ2) is 9.78. The van der Waals surface area contributed by atoms with Crippen LogP contribution in [0.3, 0.4) is 0 Å². The number of hydrogen-bond acceptors (Lipinski definition) is 8. The summed E-state index contributed by atoms with van der Waals surface area (Å²) in [5.74, 6) is 0.155. The first-order valence-electron chi connectivity index (χ1n) is 9.06. The highest BCUT2D eigenvalue weighted by Gasteiger charge is 2.27. The van der Waals surface area contributed by atoms with Gasteiger partial charge in [0.25, 0.3) is 10.2 Å². The molecule has 2 atom stereocenters. The van der Waals surface area contributed by atoms with Gasteiger partial charge in [0.05, 0.1) is 10.2 Å². The highest BCUT2D eigenvalue weighted by atomic mass is 79.9. The molecule has 0 radical (unpaired) electrons. The smallest absolute Gasteiger partial charge is 0.274 e. The van der Waals surface area contributed by atoms with E-state index in [4.69, 9.17) is 9.77 Å². The third kappa shape index (κ3) is 6.18. The van der Waals surface area contributed by atoms with Crippen molar-refractivity contribution < 1.29 is 22.6 Å². The van der Waals surface area contributed by atoms with E-state index in [0.717, 1.165) is 19.3 Å². The van der Waals surface area contributed by atoms with Crippen LogP contribution >= 0.6 is 15.9 Å². The van der Waals surface area contributed by atoms with Crippen LogP contribution in [0.15, 0.2) is 32.3 Å². The molecule has 1 aliphatic rings. The van der Waals surface area contributed by atoms with Crippen LogP contribution < -0.4 is 20.7 Å². The number of hydrogen-bond donors (Lipinski definition) is 5. The lowest BCUT2D eigenvalue weighted by atomic mass is 10.0. The zero-order chi connectivity index (χ0) is 21.7. The van der Waals surface area contributed by atoms with Crippen molar-refractivity contribution in [2.45, 2.75) is 31.7 Å². The van der Waals surface area contributed by atoms with Gasteiger partial charge in [-0.2, -0.15) is 8.42 Å². The lowest BCUT2D eigenvalue weighted by Crippen LogP contribution is -2.32. The Bertz CT molecular complexity index is 1020. The van der Waals surface area contributed by atoms with Gasteiger partial charge in [-0.3, -0.25) is 10.7 Å². The maximum absolute atomic E-state index is 13.4. The zero-order valence-electron chi connectivity index (χ0n) is 15.7. The summed E-state index contributed by atoms with van der Waals surface area (Å²) in [7, 11) is -3.68. The Hall–Kier alpha value is -2.13. The fraction of sp³-hybridized carbons (Fsp3) is 0.438. The van der Waals surface area contributed by atoms with Crippen molar-refractivity contribution in [3.8, 4) is 0 Å². The van der Waals surface area contributed by atoms with Crippen LogP contribution in [0.4, 0.5) is 15.9 Å². The number of nitrogens with zero attached hydrogens (tertiary/aromatic N) is 3. The van der Waals surface area contributed by atoms with Gasteiger partial charge < -0.3 is 5.32 Å². The van der Waals surface area contributed by atoms with Crippen molar-refractivity contribution in [3.05, 3.63) is 34.2 Å². The average molecular weight is 506 g/mol. The van der Waals surface area contributed by atoms with Crippen molar-refractivity contribution in [3.63, 3.8) is 0 Å². The number of aromatic nitrogens is 2. The molecule has 14 heteroatoms. The minimum Gasteiger partial charge on any atom is -0.363 e. The van der Waals surface area contributed by atoms with Gasteiger partial charge in [0.1, 0.15) is 5.82 Å². The van der Waals surface area contributed by atoms with E-state index in [0.29, 0.717) is 23.8 Å². The van der Waals surface area contributed by atoms with Gasteiger partial charge in [0.2, 0.25) is 5.82 Å². The Morgan fingerprint density at radius 3 is 2.90 bits per heavy atom. The summed E-state index contributed by atoms with van der Waals surface area (Å²) in [5, 5.41) is 25.3. The Morgan fingerprint density at radius 1 is 1.40 bits per heavy atom. The SMILES string of the molecule is NS(=O)(=O)NCCC1CCC(Nc2nonc2C(=Nc2ccc(F)c(Br)c2)NO)C1. The quantitative estimate of drug-likeness (QED) is 0.205. The van der Waals surface area contributed by atoms with Gasteiger partial charge in [-0.25, -0.2) is 23.9 Å². The molecule has 2 unspecified atom stereocenters. The summed E-state index contributed by atoms with van der Waals surface area (Å²) < 4.78 is 42.6. The third-order valence-corrected chi connectivity index (χ3v) is 5.91. The number of nitrogens with one attached hydrogen (secondary N) is 3. The molecule has 1 aromatic heterocycles.